The maximum atomic E-state index is 13.6. The maximum absolute atomic E-state index is 13.6. The molecule has 0 spiro atoms. The first-order chi connectivity index (χ1) is 9.06. The molecular formula is C16H24FNO. The lowest BCUT2D eigenvalue weighted by molar-refractivity contribution is 0.0900. The molecule has 0 amide bonds. The van der Waals surface area contributed by atoms with Crippen LogP contribution >= 0.6 is 0 Å². The average molecular weight is 265 g/mol. The molecule has 2 nitrogen and oxygen atoms in total. The zero-order chi connectivity index (χ0) is 14.3. The van der Waals surface area contributed by atoms with E-state index >= 15 is 0 Å². The van der Waals surface area contributed by atoms with Crippen LogP contribution in [0.1, 0.15) is 50.4 Å². The van der Waals surface area contributed by atoms with Crippen molar-refractivity contribution in [3.63, 3.8) is 0 Å². The molecule has 0 bridgehead atoms. The Morgan fingerprint density at radius 2 is 1.95 bits per heavy atom. The lowest BCUT2D eigenvalue weighted by atomic mass is 10.1. The Morgan fingerprint density at radius 1 is 1.26 bits per heavy atom. The van der Waals surface area contributed by atoms with Gasteiger partial charge in [-0.3, -0.25) is 9.69 Å². The van der Waals surface area contributed by atoms with E-state index in [0.29, 0.717) is 12.6 Å². The number of carbonyl (C=O) groups excluding carboxylic acids is 1. The SMILES string of the molecule is CCCCCN(CC(=O)c1ccccc1F)C(C)C. The molecule has 0 aromatic heterocycles. The number of hydrogen-bond acceptors (Lipinski definition) is 2. The van der Waals surface area contributed by atoms with Crippen LogP contribution in [-0.4, -0.2) is 29.8 Å². The van der Waals surface area contributed by atoms with Crippen LogP contribution in [0.25, 0.3) is 0 Å². The topological polar surface area (TPSA) is 20.3 Å². The Balaban J connectivity index is 2.63. The van der Waals surface area contributed by atoms with Gasteiger partial charge < -0.3 is 0 Å². The summed E-state index contributed by atoms with van der Waals surface area (Å²) in [6.07, 6.45) is 3.41. The van der Waals surface area contributed by atoms with E-state index in [1.807, 2.05) is 0 Å². The molecule has 1 aromatic rings. The van der Waals surface area contributed by atoms with Gasteiger partial charge in [0, 0.05) is 6.04 Å². The molecule has 0 N–H and O–H groups in total. The summed E-state index contributed by atoms with van der Waals surface area (Å²) < 4.78 is 13.6. The molecule has 0 unspecified atom stereocenters. The van der Waals surface area contributed by atoms with Crippen molar-refractivity contribution in [3.05, 3.63) is 35.6 Å². The number of carbonyl (C=O) groups is 1. The molecule has 106 valence electrons. The third-order valence-corrected chi connectivity index (χ3v) is 3.30. The number of rotatable bonds is 8. The zero-order valence-electron chi connectivity index (χ0n) is 12.2. The van der Waals surface area contributed by atoms with Crippen molar-refractivity contribution < 1.29 is 9.18 Å². The summed E-state index contributed by atoms with van der Waals surface area (Å²) in [5, 5.41) is 0. The maximum Gasteiger partial charge on any atom is 0.179 e. The van der Waals surface area contributed by atoms with Gasteiger partial charge in [0.1, 0.15) is 5.82 Å². The van der Waals surface area contributed by atoms with Gasteiger partial charge in [0.2, 0.25) is 0 Å². The van der Waals surface area contributed by atoms with Crippen molar-refractivity contribution in [2.45, 2.75) is 46.1 Å². The quantitative estimate of drug-likeness (QED) is 0.524. The molecular weight excluding hydrogens is 241 g/mol. The second-order valence-electron chi connectivity index (χ2n) is 5.17. The molecule has 0 heterocycles. The van der Waals surface area contributed by atoms with Gasteiger partial charge in [0.05, 0.1) is 12.1 Å². The first-order valence-electron chi connectivity index (χ1n) is 7.08. The smallest absolute Gasteiger partial charge is 0.179 e. The predicted octanol–water partition coefficient (Wildman–Crippen LogP) is 3.91. The van der Waals surface area contributed by atoms with Crippen LogP contribution in [0.5, 0.6) is 0 Å². The highest BCUT2D eigenvalue weighted by Crippen LogP contribution is 2.10. The Kier molecular flexibility index (Phi) is 6.71. The molecule has 19 heavy (non-hydrogen) atoms. The summed E-state index contributed by atoms with van der Waals surface area (Å²) >= 11 is 0. The van der Waals surface area contributed by atoms with Crippen LogP contribution in [0, 0.1) is 5.82 Å². The van der Waals surface area contributed by atoms with Crippen LogP contribution in [0.4, 0.5) is 4.39 Å². The summed E-state index contributed by atoms with van der Waals surface area (Å²) in [5.74, 6) is -0.562. The fraction of sp³-hybridized carbons (Fsp3) is 0.562. The fourth-order valence-electron chi connectivity index (χ4n) is 2.04. The van der Waals surface area contributed by atoms with Gasteiger partial charge in [-0.25, -0.2) is 4.39 Å². The van der Waals surface area contributed by atoms with Crippen molar-refractivity contribution in [1.82, 2.24) is 4.90 Å². The van der Waals surface area contributed by atoms with Crippen LogP contribution in [-0.2, 0) is 0 Å². The van der Waals surface area contributed by atoms with Gasteiger partial charge in [-0.15, -0.1) is 0 Å². The van der Waals surface area contributed by atoms with Gasteiger partial charge in [-0.2, -0.15) is 0 Å². The van der Waals surface area contributed by atoms with Gasteiger partial charge in [-0.1, -0.05) is 31.9 Å². The molecule has 0 fully saturated rings. The summed E-state index contributed by atoms with van der Waals surface area (Å²) in [4.78, 5) is 14.2. The number of benzene rings is 1. The van der Waals surface area contributed by atoms with Crippen LogP contribution in [0.3, 0.4) is 0 Å². The lowest BCUT2D eigenvalue weighted by Gasteiger charge is -2.25. The Labute approximate surface area is 115 Å². The van der Waals surface area contributed by atoms with Crippen molar-refractivity contribution in [3.8, 4) is 0 Å². The minimum Gasteiger partial charge on any atom is -0.293 e. The van der Waals surface area contributed by atoms with E-state index in [1.165, 1.54) is 6.07 Å². The minimum atomic E-state index is -0.426. The number of ketones is 1. The van der Waals surface area contributed by atoms with E-state index in [-0.39, 0.29) is 11.3 Å². The van der Waals surface area contributed by atoms with Crippen molar-refractivity contribution in [2.24, 2.45) is 0 Å². The first-order valence-corrected chi connectivity index (χ1v) is 7.08. The minimum absolute atomic E-state index is 0.136. The summed E-state index contributed by atoms with van der Waals surface area (Å²) in [6, 6.07) is 6.50. The first kappa shape index (κ1) is 15.8. The van der Waals surface area contributed by atoms with Crippen molar-refractivity contribution in [1.29, 1.82) is 0 Å². The lowest BCUT2D eigenvalue weighted by Crippen LogP contribution is -2.36. The second kappa shape index (κ2) is 8.05. The highest BCUT2D eigenvalue weighted by Gasteiger charge is 2.17. The van der Waals surface area contributed by atoms with Crippen LogP contribution in [0.15, 0.2) is 24.3 Å². The monoisotopic (exact) mass is 265 g/mol. The zero-order valence-corrected chi connectivity index (χ0v) is 12.2. The van der Waals surface area contributed by atoms with Crippen molar-refractivity contribution >= 4 is 5.78 Å². The highest BCUT2D eigenvalue weighted by molar-refractivity contribution is 5.97. The van der Waals surface area contributed by atoms with E-state index < -0.39 is 5.82 Å². The number of nitrogens with zero attached hydrogens (tertiary/aromatic N) is 1. The van der Waals surface area contributed by atoms with E-state index in [9.17, 15) is 9.18 Å². The van der Waals surface area contributed by atoms with Crippen LogP contribution < -0.4 is 0 Å². The molecule has 0 saturated carbocycles. The summed E-state index contributed by atoms with van der Waals surface area (Å²) in [6.45, 7) is 7.49. The van der Waals surface area contributed by atoms with E-state index in [2.05, 4.69) is 25.7 Å². The van der Waals surface area contributed by atoms with Gasteiger partial charge in [0.15, 0.2) is 5.78 Å². The third-order valence-electron chi connectivity index (χ3n) is 3.30. The standard InChI is InChI=1S/C16H24FNO/c1-4-5-8-11-18(13(2)3)12-16(19)14-9-6-7-10-15(14)17/h6-7,9-10,13H,4-5,8,11-12H2,1-3H3. The largest absolute Gasteiger partial charge is 0.293 e. The summed E-state index contributed by atoms with van der Waals surface area (Å²) in [7, 11) is 0. The molecule has 3 heteroatoms. The van der Waals surface area contributed by atoms with E-state index in [1.54, 1.807) is 18.2 Å². The molecule has 0 radical (unpaired) electrons. The van der Waals surface area contributed by atoms with Crippen LogP contribution in [0.2, 0.25) is 0 Å². The summed E-state index contributed by atoms with van der Waals surface area (Å²) in [5.41, 5.74) is 0.198. The Hall–Kier alpha value is -1.22. The van der Waals surface area contributed by atoms with E-state index in [0.717, 1.165) is 25.8 Å². The normalized spacial score (nSPS) is 11.3. The molecule has 0 saturated heterocycles. The Bertz CT molecular complexity index is 403. The third kappa shape index (κ3) is 5.11. The molecule has 1 aromatic carbocycles. The predicted molar refractivity (Wildman–Crippen MR) is 77.0 cm³/mol. The van der Waals surface area contributed by atoms with Gasteiger partial charge in [-0.05, 0) is 38.9 Å². The molecule has 0 atom stereocenters. The number of hydrogen-bond donors (Lipinski definition) is 0. The van der Waals surface area contributed by atoms with Gasteiger partial charge >= 0.3 is 0 Å². The number of halogens is 1. The highest BCUT2D eigenvalue weighted by atomic mass is 19.1. The molecule has 1 rings (SSSR count). The molecule has 0 aliphatic heterocycles. The van der Waals surface area contributed by atoms with E-state index in [4.69, 9.17) is 0 Å². The van der Waals surface area contributed by atoms with Crippen molar-refractivity contribution in [2.75, 3.05) is 13.1 Å². The fourth-order valence-corrected chi connectivity index (χ4v) is 2.04. The molecule has 0 aliphatic carbocycles. The molecule has 0 aliphatic rings. The van der Waals surface area contributed by atoms with Gasteiger partial charge in [0.25, 0.3) is 0 Å². The number of Topliss-reactive ketones (excluding diaryl/α,β-unsaturated/α-hetero) is 1. The number of unbranched alkanes of at least 4 members (excludes halogenated alkanes) is 2. The average Bonchev–Trinajstić information content (AvgIpc) is 2.38. The Morgan fingerprint density at radius 3 is 2.53 bits per heavy atom. The second-order valence-corrected chi connectivity index (χ2v) is 5.17.